The lowest BCUT2D eigenvalue weighted by molar-refractivity contribution is 0.391. The fourth-order valence-corrected chi connectivity index (χ4v) is 5.16. The van der Waals surface area contributed by atoms with Crippen LogP contribution in [0.3, 0.4) is 0 Å². The second-order valence-corrected chi connectivity index (χ2v) is 8.34. The maximum Gasteiger partial charge on any atom is 0.127 e. The van der Waals surface area contributed by atoms with Crippen molar-refractivity contribution in [3.63, 3.8) is 0 Å². The van der Waals surface area contributed by atoms with Gasteiger partial charge in [-0.1, -0.05) is 31.5 Å². The van der Waals surface area contributed by atoms with E-state index < -0.39 is 0 Å². The minimum Gasteiger partial charge on any atom is -0.497 e. The predicted octanol–water partition coefficient (Wildman–Crippen LogP) is 5.58. The van der Waals surface area contributed by atoms with Crippen LogP contribution in [0.1, 0.15) is 42.0 Å². The van der Waals surface area contributed by atoms with Gasteiger partial charge in [-0.3, -0.25) is 0 Å². The van der Waals surface area contributed by atoms with Crippen LogP contribution < -0.4 is 14.8 Å². The Balaban J connectivity index is 1.76. The zero-order valence-corrected chi connectivity index (χ0v) is 18.1. The number of fused-ring (bicyclic) bond motifs is 3. The van der Waals surface area contributed by atoms with Crippen molar-refractivity contribution < 1.29 is 9.47 Å². The van der Waals surface area contributed by atoms with Gasteiger partial charge < -0.3 is 19.4 Å². The van der Waals surface area contributed by atoms with Gasteiger partial charge >= 0.3 is 0 Å². The molecule has 1 aromatic heterocycles. The second-order valence-electron chi connectivity index (χ2n) is 7.19. The Morgan fingerprint density at radius 2 is 1.90 bits per heavy atom. The number of benzene rings is 2. The Kier molecular flexibility index (Phi) is 6.16. The summed E-state index contributed by atoms with van der Waals surface area (Å²) in [6.45, 7) is 4.13. The molecule has 1 aliphatic heterocycles. The van der Waals surface area contributed by atoms with Crippen LogP contribution >= 0.6 is 11.8 Å². The lowest BCUT2D eigenvalue weighted by atomic mass is 10.1. The third-order valence-corrected chi connectivity index (χ3v) is 6.68. The van der Waals surface area contributed by atoms with Crippen molar-refractivity contribution in [1.29, 1.82) is 0 Å². The zero-order chi connectivity index (χ0) is 20.2. The Morgan fingerprint density at radius 1 is 1.03 bits per heavy atom. The van der Waals surface area contributed by atoms with Crippen LogP contribution in [0.2, 0.25) is 0 Å². The molecule has 0 amide bonds. The molecule has 3 aromatic rings. The maximum atomic E-state index is 5.73. The summed E-state index contributed by atoms with van der Waals surface area (Å²) in [5.74, 6) is 1.67. The summed E-state index contributed by atoms with van der Waals surface area (Å²) in [6.07, 6.45) is 2.41. The van der Waals surface area contributed by atoms with Gasteiger partial charge in [0.25, 0.3) is 0 Å². The van der Waals surface area contributed by atoms with Gasteiger partial charge in [-0.25, -0.2) is 0 Å². The number of thioether (sulfide) groups is 1. The number of para-hydroxylation sites is 1. The van der Waals surface area contributed by atoms with Crippen LogP contribution in [0.15, 0.2) is 59.5 Å². The number of aromatic nitrogens is 1. The summed E-state index contributed by atoms with van der Waals surface area (Å²) in [5, 5.41) is 3.76. The first-order valence-electron chi connectivity index (χ1n) is 10.2. The first kappa shape index (κ1) is 19.9. The molecule has 0 saturated carbocycles. The normalized spacial score (nSPS) is 14.9. The first-order valence-corrected chi connectivity index (χ1v) is 11.0. The largest absolute Gasteiger partial charge is 0.497 e. The van der Waals surface area contributed by atoms with E-state index >= 15 is 0 Å². The van der Waals surface area contributed by atoms with Crippen molar-refractivity contribution in [3.8, 4) is 17.2 Å². The average molecular weight is 409 g/mol. The quantitative estimate of drug-likeness (QED) is 0.494. The van der Waals surface area contributed by atoms with Gasteiger partial charge in [-0.15, -0.1) is 11.8 Å². The number of hydrogen-bond acceptors (Lipinski definition) is 4. The van der Waals surface area contributed by atoms with E-state index in [-0.39, 0.29) is 5.25 Å². The lowest BCUT2D eigenvalue weighted by Crippen LogP contribution is -2.20. The van der Waals surface area contributed by atoms with Gasteiger partial charge in [-0.05, 0) is 43.3 Å². The van der Waals surface area contributed by atoms with Gasteiger partial charge in [0.15, 0.2) is 0 Å². The van der Waals surface area contributed by atoms with E-state index in [9.17, 15) is 0 Å². The molecule has 0 saturated heterocycles. The van der Waals surface area contributed by atoms with Crippen molar-refractivity contribution in [3.05, 3.63) is 71.5 Å². The molecule has 5 heteroatoms. The van der Waals surface area contributed by atoms with E-state index in [4.69, 9.17) is 9.47 Å². The van der Waals surface area contributed by atoms with Crippen LogP contribution in [0.5, 0.6) is 11.5 Å². The summed E-state index contributed by atoms with van der Waals surface area (Å²) < 4.78 is 13.5. The van der Waals surface area contributed by atoms with Crippen molar-refractivity contribution in [2.75, 3.05) is 20.8 Å². The van der Waals surface area contributed by atoms with Crippen LogP contribution in [-0.4, -0.2) is 25.3 Å². The first-order chi connectivity index (χ1) is 14.3. The molecule has 1 N–H and O–H groups in total. The number of nitrogens with one attached hydrogen (secondary N) is 1. The highest BCUT2D eigenvalue weighted by Gasteiger charge is 2.30. The molecule has 152 valence electrons. The molecule has 0 spiro atoms. The van der Waals surface area contributed by atoms with Gasteiger partial charge in [0, 0.05) is 34.5 Å². The molecular formula is C24H28N2O2S. The summed E-state index contributed by atoms with van der Waals surface area (Å²) in [6, 6.07) is 19.3. The number of unbranched alkanes of at least 4 members (excludes halogenated alkanes) is 1. The topological polar surface area (TPSA) is 35.4 Å². The van der Waals surface area contributed by atoms with Crippen molar-refractivity contribution in [2.24, 2.45) is 0 Å². The average Bonchev–Trinajstić information content (AvgIpc) is 3.20. The van der Waals surface area contributed by atoms with Crippen molar-refractivity contribution in [1.82, 2.24) is 9.88 Å². The third-order valence-electron chi connectivity index (χ3n) is 5.35. The van der Waals surface area contributed by atoms with Crippen LogP contribution in [0.4, 0.5) is 0 Å². The molecule has 0 radical (unpaired) electrons. The van der Waals surface area contributed by atoms with Crippen molar-refractivity contribution in [2.45, 2.75) is 36.5 Å². The zero-order valence-electron chi connectivity index (χ0n) is 17.3. The van der Waals surface area contributed by atoms with E-state index in [1.807, 2.05) is 23.9 Å². The highest BCUT2D eigenvalue weighted by molar-refractivity contribution is 8.00. The molecule has 1 unspecified atom stereocenters. The Morgan fingerprint density at radius 3 is 2.69 bits per heavy atom. The van der Waals surface area contributed by atoms with E-state index in [0.717, 1.165) is 30.2 Å². The summed E-state index contributed by atoms with van der Waals surface area (Å²) in [4.78, 5) is 1.29. The molecule has 1 atom stereocenters. The van der Waals surface area contributed by atoms with Crippen LogP contribution in [0.25, 0.3) is 5.69 Å². The third kappa shape index (κ3) is 3.89. The molecule has 0 aliphatic carbocycles. The number of hydrogen-bond donors (Lipinski definition) is 1. The van der Waals surface area contributed by atoms with Crippen LogP contribution in [0, 0.1) is 0 Å². The molecule has 4 rings (SSSR count). The van der Waals surface area contributed by atoms with Crippen LogP contribution in [-0.2, 0) is 6.54 Å². The van der Waals surface area contributed by atoms with Gasteiger partial charge in [-0.2, -0.15) is 0 Å². The Bertz CT molecular complexity index is 983. The molecule has 29 heavy (non-hydrogen) atoms. The van der Waals surface area contributed by atoms with E-state index in [1.165, 1.54) is 34.8 Å². The second kappa shape index (κ2) is 8.97. The minimum atomic E-state index is 0.162. The summed E-state index contributed by atoms with van der Waals surface area (Å²) in [5.41, 5.74) is 5.00. The minimum absolute atomic E-state index is 0.162. The van der Waals surface area contributed by atoms with Crippen molar-refractivity contribution >= 4 is 11.8 Å². The fourth-order valence-electron chi connectivity index (χ4n) is 3.84. The number of nitrogens with zero attached hydrogens (tertiary/aromatic N) is 1. The summed E-state index contributed by atoms with van der Waals surface area (Å²) in [7, 11) is 3.41. The maximum absolute atomic E-state index is 5.73. The molecular weight excluding hydrogens is 380 g/mol. The molecule has 0 fully saturated rings. The van der Waals surface area contributed by atoms with Gasteiger partial charge in [0.05, 0.1) is 25.2 Å². The Hall–Kier alpha value is -2.37. The number of rotatable bonds is 8. The smallest absolute Gasteiger partial charge is 0.127 e. The molecule has 2 heterocycles. The lowest BCUT2D eigenvalue weighted by Gasteiger charge is -2.29. The monoisotopic (exact) mass is 408 g/mol. The van der Waals surface area contributed by atoms with Gasteiger partial charge in [0.2, 0.25) is 0 Å². The van der Waals surface area contributed by atoms with E-state index in [2.05, 4.69) is 59.3 Å². The highest BCUT2D eigenvalue weighted by Crippen LogP contribution is 2.50. The molecule has 2 aromatic carbocycles. The fraction of sp³-hybridized carbons (Fsp3) is 0.333. The Labute approximate surface area is 177 Å². The SMILES string of the molecule is CCCCNCc1ccc2n1-c1ccccc1SC2c1ccc(OC)cc1OC. The highest BCUT2D eigenvalue weighted by atomic mass is 32.2. The standard InChI is InChI=1S/C24H28N2O2S/c1-4-5-14-25-16-17-10-13-21-24(19-12-11-18(27-2)15-22(19)28-3)29-23-9-7-6-8-20(23)26(17)21/h6-13,15,24-25H,4-5,14,16H2,1-3H3. The molecule has 4 nitrogen and oxygen atoms in total. The summed E-state index contributed by atoms with van der Waals surface area (Å²) >= 11 is 1.88. The molecule has 0 bridgehead atoms. The predicted molar refractivity (Wildman–Crippen MR) is 120 cm³/mol. The van der Waals surface area contributed by atoms with E-state index in [0.29, 0.717) is 0 Å². The van der Waals surface area contributed by atoms with Gasteiger partial charge in [0.1, 0.15) is 11.5 Å². The number of ether oxygens (including phenoxy) is 2. The molecule has 1 aliphatic rings. The van der Waals surface area contributed by atoms with E-state index in [1.54, 1.807) is 14.2 Å². The number of methoxy groups -OCH3 is 2.